The second-order valence-corrected chi connectivity index (χ2v) is 8.04. The summed E-state index contributed by atoms with van der Waals surface area (Å²) in [5, 5.41) is 0. The lowest BCUT2D eigenvalue weighted by atomic mass is 9.79. The van der Waals surface area contributed by atoms with Crippen LogP contribution in [0.25, 0.3) is 0 Å². The quantitative estimate of drug-likeness (QED) is 0.784. The Morgan fingerprint density at radius 3 is 1.96 bits per heavy atom. The lowest BCUT2D eigenvalue weighted by Gasteiger charge is -2.34. The van der Waals surface area contributed by atoms with E-state index in [1.807, 2.05) is 0 Å². The highest BCUT2D eigenvalue weighted by molar-refractivity contribution is 6.62. The summed E-state index contributed by atoms with van der Waals surface area (Å²) in [6, 6.07) is 8.64. The van der Waals surface area contributed by atoms with E-state index in [1.165, 1.54) is 18.5 Å². The van der Waals surface area contributed by atoms with E-state index in [0.717, 1.165) is 18.6 Å². The lowest BCUT2D eigenvalue weighted by molar-refractivity contribution is 0.00578. The Morgan fingerprint density at radius 1 is 0.913 bits per heavy atom. The van der Waals surface area contributed by atoms with Gasteiger partial charge in [0.15, 0.2) is 0 Å². The number of morpholine rings is 1. The van der Waals surface area contributed by atoms with Crippen LogP contribution in [0.1, 0.15) is 40.5 Å². The number of fused-ring (bicyclic) bond motifs is 2. The van der Waals surface area contributed by atoms with Crippen molar-refractivity contribution in [1.29, 1.82) is 0 Å². The van der Waals surface area contributed by atoms with Gasteiger partial charge in [-0.3, -0.25) is 0 Å². The minimum absolute atomic E-state index is 0.282. The topological polar surface area (TPSA) is 30.9 Å². The molecule has 3 fully saturated rings. The number of rotatable bonds is 2. The fourth-order valence-corrected chi connectivity index (χ4v) is 3.65. The molecular formula is C18H26BNO3. The fourth-order valence-electron chi connectivity index (χ4n) is 3.65. The van der Waals surface area contributed by atoms with Gasteiger partial charge < -0.3 is 18.9 Å². The van der Waals surface area contributed by atoms with Gasteiger partial charge in [-0.05, 0) is 58.1 Å². The molecule has 3 aliphatic rings. The predicted octanol–water partition coefficient (Wildman–Crippen LogP) is 2.35. The van der Waals surface area contributed by atoms with Crippen LogP contribution in [0.3, 0.4) is 0 Å². The second-order valence-electron chi connectivity index (χ2n) is 8.04. The van der Waals surface area contributed by atoms with Crippen LogP contribution in [0.4, 0.5) is 5.69 Å². The molecule has 1 aromatic rings. The summed E-state index contributed by atoms with van der Waals surface area (Å²) in [5.41, 5.74) is 1.77. The van der Waals surface area contributed by atoms with Crippen molar-refractivity contribution in [3.63, 3.8) is 0 Å². The third-order valence-corrected chi connectivity index (χ3v) is 5.83. The summed E-state index contributed by atoms with van der Waals surface area (Å²) in [6.45, 7) is 10.4. The largest absolute Gasteiger partial charge is 0.494 e. The zero-order valence-electron chi connectivity index (χ0n) is 14.5. The second kappa shape index (κ2) is 5.23. The number of benzene rings is 1. The summed E-state index contributed by atoms with van der Waals surface area (Å²) in [7, 11) is -0.282. The Bertz CT molecular complexity index is 558. The maximum absolute atomic E-state index is 6.12. The van der Waals surface area contributed by atoms with Crippen molar-refractivity contribution < 1.29 is 14.0 Å². The standard InChI is InChI=1S/C18H26BNO3/c1-17(2)18(3,4)23-19(22-17)13-5-7-14(8-6-13)20-11-15-9-10-16(12-20)21-15/h5-8,15-16H,9-12H2,1-4H3. The van der Waals surface area contributed by atoms with Gasteiger partial charge in [-0.2, -0.15) is 0 Å². The van der Waals surface area contributed by atoms with Crippen molar-refractivity contribution in [2.24, 2.45) is 0 Å². The lowest BCUT2D eigenvalue weighted by Crippen LogP contribution is -2.43. The predicted molar refractivity (Wildman–Crippen MR) is 92.3 cm³/mol. The molecule has 3 heterocycles. The zero-order valence-corrected chi connectivity index (χ0v) is 14.5. The number of nitrogens with zero attached hydrogens (tertiary/aromatic N) is 1. The van der Waals surface area contributed by atoms with Gasteiger partial charge in [0, 0.05) is 18.8 Å². The Kier molecular flexibility index (Phi) is 3.52. The average molecular weight is 315 g/mol. The first-order valence-electron chi connectivity index (χ1n) is 8.70. The normalized spacial score (nSPS) is 31.7. The van der Waals surface area contributed by atoms with E-state index in [0.29, 0.717) is 12.2 Å². The molecule has 2 atom stereocenters. The smallest absolute Gasteiger partial charge is 0.399 e. The Balaban J connectivity index is 1.49. The minimum atomic E-state index is -0.292. The first-order valence-corrected chi connectivity index (χ1v) is 8.70. The molecule has 0 amide bonds. The molecule has 0 radical (unpaired) electrons. The molecule has 1 aromatic carbocycles. The monoisotopic (exact) mass is 315 g/mol. The van der Waals surface area contributed by atoms with E-state index in [2.05, 4.69) is 56.9 Å². The summed E-state index contributed by atoms with van der Waals surface area (Å²) in [6.07, 6.45) is 3.23. The molecule has 4 nitrogen and oxygen atoms in total. The molecule has 0 spiro atoms. The molecule has 0 N–H and O–H groups in total. The Hall–Kier alpha value is -1.04. The highest BCUT2D eigenvalue weighted by Crippen LogP contribution is 2.36. The number of hydrogen-bond donors (Lipinski definition) is 0. The molecule has 4 rings (SSSR count). The van der Waals surface area contributed by atoms with Crippen LogP contribution < -0.4 is 10.4 Å². The van der Waals surface area contributed by atoms with Crippen molar-refractivity contribution in [2.45, 2.75) is 63.9 Å². The summed E-state index contributed by atoms with van der Waals surface area (Å²) in [5.74, 6) is 0. The highest BCUT2D eigenvalue weighted by Gasteiger charge is 2.51. The van der Waals surface area contributed by atoms with E-state index in [1.54, 1.807) is 0 Å². The Morgan fingerprint density at radius 2 is 1.43 bits per heavy atom. The Labute approximate surface area is 139 Å². The van der Waals surface area contributed by atoms with Gasteiger partial charge in [-0.25, -0.2) is 0 Å². The number of anilines is 1. The van der Waals surface area contributed by atoms with Gasteiger partial charge >= 0.3 is 7.12 Å². The van der Waals surface area contributed by atoms with E-state index < -0.39 is 0 Å². The molecule has 2 bridgehead atoms. The van der Waals surface area contributed by atoms with E-state index in [-0.39, 0.29) is 18.3 Å². The molecule has 124 valence electrons. The van der Waals surface area contributed by atoms with Gasteiger partial charge in [0.2, 0.25) is 0 Å². The number of hydrogen-bond acceptors (Lipinski definition) is 4. The summed E-state index contributed by atoms with van der Waals surface area (Å²) in [4.78, 5) is 2.44. The molecule has 0 saturated carbocycles. The molecule has 0 aliphatic carbocycles. The summed E-state index contributed by atoms with van der Waals surface area (Å²) < 4.78 is 18.2. The van der Waals surface area contributed by atoms with Crippen molar-refractivity contribution >= 4 is 18.3 Å². The SMILES string of the molecule is CC1(C)OB(c2ccc(N3CC4CCC(C3)O4)cc2)OC1(C)C. The van der Waals surface area contributed by atoms with E-state index in [9.17, 15) is 0 Å². The third-order valence-electron chi connectivity index (χ3n) is 5.83. The van der Waals surface area contributed by atoms with Crippen molar-refractivity contribution in [3.05, 3.63) is 24.3 Å². The first-order chi connectivity index (χ1) is 10.8. The van der Waals surface area contributed by atoms with Crippen molar-refractivity contribution in [3.8, 4) is 0 Å². The van der Waals surface area contributed by atoms with Crippen LogP contribution >= 0.6 is 0 Å². The molecule has 5 heteroatoms. The number of ether oxygens (including phenoxy) is 1. The van der Waals surface area contributed by atoms with Gasteiger partial charge in [-0.15, -0.1) is 0 Å². The molecule has 2 unspecified atom stereocenters. The highest BCUT2D eigenvalue weighted by atomic mass is 16.7. The summed E-state index contributed by atoms with van der Waals surface area (Å²) >= 11 is 0. The average Bonchev–Trinajstić information content (AvgIpc) is 2.95. The molecule has 0 aromatic heterocycles. The van der Waals surface area contributed by atoms with E-state index in [4.69, 9.17) is 14.0 Å². The minimum Gasteiger partial charge on any atom is -0.399 e. The van der Waals surface area contributed by atoms with Crippen LogP contribution in [-0.4, -0.2) is 43.6 Å². The van der Waals surface area contributed by atoms with Crippen molar-refractivity contribution in [1.82, 2.24) is 0 Å². The van der Waals surface area contributed by atoms with Gasteiger partial charge in [-0.1, -0.05) is 12.1 Å². The molecule has 3 aliphatic heterocycles. The van der Waals surface area contributed by atoms with Gasteiger partial charge in [0.25, 0.3) is 0 Å². The van der Waals surface area contributed by atoms with Crippen LogP contribution in [-0.2, 0) is 14.0 Å². The third kappa shape index (κ3) is 2.69. The van der Waals surface area contributed by atoms with Crippen LogP contribution in [0.15, 0.2) is 24.3 Å². The van der Waals surface area contributed by atoms with E-state index >= 15 is 0 Å². The molecular weight excluding hydrogens is 289 g/mol. The van der Waals surface area contributed by atoms with Crippen LogP contribution in [0.5, 0.6) is 0 Å². The molecule has 3 saturated heterocycles. The zero-order chi connectivity index (χ0) is 16.2. The maximum atomic E-state index is 6.12. The van der Waals surface area contributed by atoms with Gasteiger partial charge in [0.1, 0.15) is 0 Å². The fraction of sp³-hybridized carbons (Fsp3) is 0.667. The first kappa shape index (κ1) is 15.5. The van der Waals surface area contributed by atoms with Crippen LogP contribution in [0, 0.1) is 0 Å². The molecule has 23 heavy (non-hydrogen) atoms. The van der Waals surface area contributed by atoms with Gasteiger partial charge in [0.05, 0.1) is 23.4 Å². The van der Waals surface area contributed by atoms with Crippen molar-refractivity contribution in [2.75, 3.05) is 18.0 Å². The maximum Gasteiger partial charge on any atom is 0.494 e. The van der Waals surface area contributed by atoms with Crippen LogP contribution in [0.2, 0.25) is 0 Å².